The minimum Gasteiger partial charge on any atom is -0.380 e. The Morgan fingerprint density at radius 2 is 1.83 bits per heavy atom. The summed E-state index contributed by atoms with van der Waals surface area (Å²) in [6.07, 6.45) is 1.10. The van der Waals surface area contributed by atoms with Crippen molar-refractivity contribution in [1.82, 2.24) is 4.90 Å². The van der Waals surface area contributed by atoms with Gasteiger partial charge in [-0.1, -0.05) is 31.2 Å². The van der Waals surface area contributed by atoms with Gasteiger partial charge in [0.2, 0.25) is 0 Å². The van der Waals surface area contributed by atoms with Crippen LogP contribution in [0.3, 0.4) is 0 Å². The van der Waals surface area contributed by atoms with Crippen LogP contribution in [0.4, 0.5) is 0 Å². The van der Waals surface area contributed by atoms with Crippen LogP contribution in [0.15, 0.2) is 24.3 Å². The Kier molecular flexibility index (Phi) is 4.38. The fourth-order valence-corrected chi connectivity index (χ4v) is 2.48. The summed E-state index contributed by atoms with van der Waals surface area (Å²) in [7, 11) is 2.16. The van der Waals surface area contributed by atoms with Crippen molar-refractivity contribution in [2.45, 2.75) is 19.9 Å². The van der Waals surface area contributed by atoms with Crippen LogP contribution in [0.5, 0.6) is 0 Å². The highest BCUT2D eigenvalue weighted by Gasteiger charge is 2.38. The molecule has 1 aromatic rings. The Morgan fingerprint density at radius 1 is 1.22 bits per heavy atom. The zero-order valence-corrected chi connectivity index (χ0v) is 11.5. The lowest BCUT2D eigenvalue weighted by atomic mass is 9.85. The molecule has 0 aliphatic carbocycles. The number of nitrogens with two attached hydrogens (primary N) is 1. The Balaban J connectivity index is 1.88. The minimum absolute atomic E-state index is 0.193. The van der Waals surface area contributed by atoms with Gasteiger partial charge in [-0.15, -0.1) is 0 Å². The molecular weight excluding hydrogens is 224 g/mol. The summed E-state index contributed by atoms with van der Waals surface area (Å²) in [5.41, 5.74) is 8.79. The Labute approximate surface area is 110 Å². The van der Waals surface area contributed by atoms with Crippen molar-refractivity contribution in [3.8, 4) is 0 Å². The number of hydrogen-bond acceptors (Lipinski definition) is 3. The van der Waals surface area contributed by atoms with E-state index < -0.39 is 0 Å². The molecule has 1 saturated heterocycles. The van der Waals surface area contributed by atoms with Crippen molar-refractivity contribution in [2.75, 3.05) is 33.4 Å². The third-order valence-electron chi connectivity index (χ3n) is 3.74. The van der Waals surface area contributed by atoms with Crippen LogP contribution >= 0.6 is 0 Å². The second kappa shape index (κ2) is 5.83. The van der Waals surface area contributed by atoms with Crippen LogP contribution in [0.1, 0.15) is 18.1 Å². The maximum Gasteiger partial charge on any atom is 0.0569 e. The zero-order valence-electron chi connectivity index (χ0n) is 11.5. The van der Waals surface area contributed by atoms with E-state index in [1.165, 1.54) is 11.1 Å². The van der Waals surface area contributed by atoms with Crippen LogP contribution in [-0.2, 0) is 17.7 Å². The average Bonchev–Trinajstić information content (AvgIpc) is 2.35. The van der Waals surface area contributed by atoms with Gasteiger partial charge in [-0.05, 0) is 24.6 Å². The summed E-state index contributed by atoms with van der Waals surface area (Å²) in [4.78, 5) is 2.34. The smallest absolute Gasteiger partial charge is 0.0569 e. The van der Waals surface area contributed by atoms with Gasteiger partial charge in [0, 0.05) is 25.0 Å². The topological polar surface area (TPSA) is 38.5 Å². The van der Waals surface area contributed by atoms with Gasteiger partial charge in [-0.2, -0.15) is 0 Å². The molecule has 18 heavy (non-hydrogen) atoms. The third-order valence-corrected chi connectivity index (χ3v) is 3.74. The molecule has 3 nitrogen and oxygen atoms in total. The van der Waals surface area contributed by atoms with Gasteiger partial charge in [0.1, 0.15) is 0 Å². The van der Waals surface area contributed by atoms with E-state index in [2.05, 4.69) is 43.1 Å². The fourth-order valence-electron chi connectivity index (χ4n) is 2.48. The molecule has 1 aromatic carbocycles. The Bertz CT molecular complexity index is 365. The van der Waals surface area contributed by atoms with Crippen LogP contribution in [0, 0.1) is 5.41 Å². The van der Waals surface area contributed by atoms with E-state index in [1.54, 1.807) is 0 Å². The first-order chi connectivity index (χ1) is 8.67. The molecule has 0 bridgehead atoms. The molecule has 3 heteroatoms. The van der Waals surface area contributed by atoms with Crippen LogP contribution < -0.4 is 5.73 Å². The molecule has 100 valence electrons. The first kappa shape index (κ1) is 13.5. The zero-order chi connectivity index (χ0) is 13.0. The molecule has 2 N–H and O–H groups in total. The van der Waals surface area contributed by atoms with Crippen LogP contribution in [-0.4, -0.2) is 38.3 Å². The molecule has 2 rings (SSSR count). The van der Waals surface area contributed by atoms with Gasteiger partial charge in [0.05, 0.1) is 13.2 Å². The quantitative estimate of drug-likeness (QED) is 0.832. The van der Waals surface area contributed by atoms with E-state index in [0.717, 1.165) is 32.7 Å². The molecule has 0 amide bonds. The van der Waals surface area contributed by atoms with Crippen molar-refractivity contribution in [3.05, 3.63) is 35.4 Å². The highest BCUT2D eigenvalue weighted by Crippen LogP contribution is 2.27. The molecule has 1 heterocycles. The summed E-state index contributed by atoms with van der Waals surface area (Å²) in [5.74, 6) is 0. The molecule has 0 radical (unpaired) electrons. The second-order valence-corrected chi connectivity index (χ2v) is 5.54. The molecule has 0 unspecified atom stereocenters. The van der Waals surface area contributed by atoms with E-state index in [0.29, 0.717) is 6.54 Å². The van der Waals surface area contributed by atoms with Crippen molar-refractivity contribution in [3.63, 3.8) is 0 Å². The molecule has 1 aliphatic rings. The average molecular weight is 248 g/mol. The van der Waals surface area contributed by atoms with Gasteiger partial charge in [0.15, 0.2) is 0 Å². The number of rotatable bonds is 6. The molecule has 0 saturated carbocycles. The van der Waals surface area contributed by atoms with Gasteiger partial charge in [-0.25, -0.2) is 0 Å². The molecule has 1 fully saturated rings. The summed E-state index contributed by atoms with van der Waals surface area (Å²) < 4.78 is 5.30. The van der Waals surface area contributed by atoms with Crippen molar-refractivity contribution in [2.24, 2.45) is 11.1 Å². The fraction of sp³-hybridized carbons (Fsp3) is 0.600. The SMILES string of the molecule is CCc1ccc(CN(C)CC2(CN)COC2)cc1. The predicted octanol–water partition coefficient (Wildman–Crippen LogP) is 1.66. The second-order valence-electron chi connectivity index (χ2n) is 5.54. The predicted molar refractivity (Wildman–Crippen MR) is 74.5 cm³/mol. The number of aryl methyl sites for hydroxylation is 1. The first-order valence-corrected chi connectivity index (χ1v) is 6.72. The van der Waals surface area contributed by atoms with Gasteiger partial charge < -0.3 is 15.4 Å². The maximum absolute atomic E-state index is 5.84. The lowest BCUT2D eigenvalue weighted by molar-refractivity contribution is -0.118. The number of hydrogen-bond donors (Lipinski definition) is 1. The van der Waals surface area contributed by atoms with Crippen molar-refractivity contribution < 1.29 is 4.74 Å². The molecule has 0 aromatic heterocycles. The first-order valence-electron chi connectivity index (χ1n) is 6.72. The number of ether oxygens (including phenoxy) is 1. The number of nitrogens with zero attached hydrogens (tertiary/aromatic N) is 1. The summed E-state index contributed by atoms with van der Waals surface area (Å²) in [6.45, 7) is 6.50. The highest BCUT2D eigenvalue weighted by molar-refractivity contribution is 5.22. The van der Waals surface area contributed by atoms with Crippen molar-refractivity contribution >= 4 is 0 Å². The van der Waals surface area contributed by atoms with Crippen LogP contribution in [0.2, 0.25) is 0 Å². The van der Waals surface area contributed by atoms with E-state index in [-0.39, 0.29) is 5.41 Å². The van der Waals surface area contributed by atoms with Gasteiger partial charge in [-0.3, -0.25) is 0 Å². The summed E-state index contributed by atoms with van der Waals surface area (Å²) in [6, 6.07) is 8.88. The van der Waals surface area contributed by atoms with E-state index >= 15 is 0 Å². The summed E-state index contributed by atoms with van der Waals surface area (Å²) >= 11 is 0. The van der Waals surface area contributed by atoms with Gasteiger partial charge >= 0.3 is 0 Å². The van der Waals surface area contributed by atoms with E-state index in [4.69, 9.17) is 10.5 Å². The Morgan fingerprint density at radius 3 is 2.28 bits per heavy atom. The van der Waals surface area contributed by atoms with E-state index in [1.807, 2.05) is 0 Å². The maximum atomic E-state index is 5.84. The molecule has 1 aliphatic heterocycles. The largest absolute Gasteiger partial charge is 0.380 e. The third kappa shape index (κ3) is 3.10. The van der Waals surface area contributed by atoms with E-state index in [9.17, 15) is 0 Å². The minimum atomic E-state index is 0.193. The lowest BCUT2D eigenvalue weighted by Crippen LogP contribution is -2.54. The molecular formula is C15H24N2O. The van der Waals surface area contributed by atoms with Gasteiger partial charge in [0.25, 0.3) is 0 Å². The Hall–Kier alpha value is -0.900. The highest BCUT2D eigenvalue weighted by atomic mass is 16.5. The molecule has 0 spiro atoms. The van der Waals surface area contributed by atoms with Crippen LogP contribution in [0.25, 0.3) is 0 Å². The number of benzene rings is 1. The molecule has 0 atom stereocenters. The van der Waals surface area contributed by atoms with Crippen molar-refractivity contribution in [1.29, 1.82) is 0 Å². The standard InChI is InChI=1S/C15H24N2O/c1-3-13-4-6-14(7-5-13)8-17(2)10-15(9-16)11-18-12-15/h4-7H,3,8-12,16H2,1-2H3. The normalized spacial score (nSPS) is 17.8. The summed E-state index contributed by atoms with van der Waals surface area (Å²) in [5, 5.41) is 0. The lowest BCUT2D eigenvalue weighted by Gasteiger charge is -2.43. The monoisotopic (exact) mass is 248 g/mol.